The van der Waals surface area contributed by atoms with E-state index < -0.39 is 0 Å². The Morgan fingerprint density at radius 2 is 1.18 bits per heavy atom. The molecule has 1 aromatic rings. The Morgan fingerprint density at radius 1 is 0.706 bits per heavy atom. The van der Waals surface area contributed by atoms with Gasteiger partial charge in [-0.2, -0.15) is 0 Å². The summed E-state index contributed by atoms with van der Waals surface area (Å²) in [4.78, 5) is 23.5. The van der Waals surface area contributed by atoms with E-state index in [1.807, 2.05) is 0 Å². The van der Waals surface area contributed by atoms with Crippen LogP contribution in [0.25, 0.3) is 0 Å². The molecule has 0 fully saturated rings. The summed E-state index contributed by atoms with van der Waals surface area (Å²) in [6.45, 7) is 2.27. The van der Waals surface area contributed by atoms with Gasteiger partial charge in [0, 0.05) is 12.1 Å². The molecule has 1 N–H and O–H groups in total. The minimum atomic E-state index is -0.371. The second-order valence-corrected chi connectivity index (χ2v) is 9.37. The molecule has 0 aliphatic rings. The maximum absolute atomic E-state index is 12.1. The second-order valence-electron chi connectivity index (χ2n) is 9.37. The van der Waals surface area contributed by atoms with Gasteiger partial charge >= 0.3 is 5.97 Å². The molecule has 0 atom stereocenters. The molecule has 4 heteroatoms. The van der Waals surface area contributed by atoms with Crippen LogP contribution in [0, 0.1) is 0 Å². The van der Waals surface area contributed by atoms with E-state index >= 15 is 0 Å². The molecule has 1 rings (SSSR count). The number of ether oxygens (including phenoxy) is 1. The summed E-state index contributed by atoms with van der Waals surface area (Å²) in [5, 5.41) is 2.89. The van der Waals surface area contributed by atoms with Crippen molar-refractivity contribution in [3.8, 4) is 0 Å². The lowest BCUT2D eigenvalue weighted by Gasteiger charge is -2.06. The highest BCUT2D eigenvalue weighted by Crippen LogP contribution is 2.14. The Labute approximate surface area is 208 Å². The summed E-state index contributed by atoms with van der Waals surface area (Å²) in [6, 6.07) is 6.79. The molecule has 0 aromatic heterocycles. The molecule has 0 aliphatic heterocycles. The Kier molecular flexibility index (Phi) is 18.9. The predicted octanol–water partition coefficient (Wildman–Crippen LogP) is 9.01. The first-order valence-corrected chi connectivity index (χ1v) is 13.8. The number of carbonyl (C=O) groups excluding carboxylic acids is 2. The summed E-state index contributed by atoms with van der Waals surface area (Å²) in [5.74, 6) is -0.337. The smallest absolute Gasteiger partial charge is 0.337 e. The molecule has 0 heterocycles. The summed E-state index contributed by atoms with van der Waals surface area (Å²) >= 11 is 0. The second kappa shape index (κ2) is 21.4. The van der Waals surface area contributed by atoms with Crippen LogP contribution >= 0.6 is 0 Å². The van der Waals surface area contributed by atoms with Crippen LogP contribution in [0.1, 0.15) is 133 Å². The van der Waals surface area contributed by atoms with Crippen LogP contribution in [0.5, 0.6) is 0 Å². The van der Waals surface area contributed by atoms with E-state index in [4.69, 9.17) is 0 Å². The molecular weight excluding hydrogens is 422 g/mol. The van der Waals surface area contributed by atoms with Crippen molar-refractivity contribution >= 4 is 17.6 Å². The third-order valence-corrected chi connectivity index (χ3v) is 6.26. The van der Waals surface area contributed by atoms with E-state index in [9.17, 15) is 9.59 Å². The highest BCUT2D eigenvalue weighted by atomic mass is 16.5. The Morgan fingerprint density at radius 3 is 1.68 bits per heavy atom. The third kappa shape index (κ3) is 16.5. The average Bonchev–Trinajstić information content (AvgIpc) is 2.85. The Hall–Kier alpha value is -2.10. The number of anilines is 1. The standard InChI is InChI=1S/C30H49NO3/c1-3-4-5-6-7-8-9-10-11-12-13-14-15-16-17-18-19-20-21-22-29(32)31-28-25-23-27(24-26-28)30(33)34-2/h10-11,23-26H,3-9,12-22H2,1-2H3,(H,31,32)/b11-10-. The highest BCUT2D eigenvalue weighted by molar-refractivity contribution is 5.92. The van der Waals surface area contributed by atoms with Gasteiger partial charge < -0.3 is 10.1 Å². The number of methoxy groups -OCH3 is 1. The average molecular weight is 472 g/mol. The zero-order chi connectivity index (χ0) is 24.7. The minimum absolute atomic E-state index is 0.0341. The summed E-state index contributed by atoms with van der Waals surface area (Å²) in [5.41, 5.74) is 1.20. The third-order valence-electron chi connectivity index (χ3n) is 6.26. The largest absolute Gasteiger partial charge is 0.465 e. The van der Waals surface area contributed by atoms with Crippen LogP contribution < -0.4 is 5.32 Å². The van der Waals surface area contributed by atoms with E-state index in [1.54, 1.807) is 24.3 Å². The first-order valence-electron chi connectivity index (χ1n) is 13.8. The van der Waals surface area contributed by atoms with Crippen LogP contribution in [0.4, 0.5) is 5.69 Å². The SMILES string of the molecule is CCCCCCCC/C=C\CCCCCCCCCCCC(=O)Nc1ccc(C(=O)OC)cc1. The van der Waals surface area contributed by atoms with Crippen molar-refractivity contribution < 1.29 is 14.3 Å². The lowest BCUT2D eigenvalue weighted by atomic mass is 10.1. The molecule has 4 nitrogen and oxygen atoms in total. The predicted molar refractivity (Wildman–Crippen MR) is 144 cm³/mol. The van der Waals surface area contributed by atoms with Gasteiger partial charge in [-0.05, 0) is 56.4 Å². The number of benzene rings is 1. The molecule has 0 spiro atoms. The maximum atomic E-state index is 12.1. The lowest BCUT2D eigenvalue weighted by Crippen LogP contribution is -2.11. The van der Waals surface area contributed by atoms with Gasteiger partial charge in [-0.1, -0.05) is 96.1 Å². The topological polar surface area (TPSA) is 55.4 Å². The van der Waals surface area contributed by atoms with Gasteiger partial charge in [-0.3, -0.25) is 4.79 Å². The summed E-state index contributed by atoms with van der Waals surface area (Å²) in [7, 11) is 1.36. The molecule has 0 unspecified atom stereocenters. The van der Waals surface area contributed by atoms with E-state index in [0.29, 0.717) is 17.7 Å². The number of hydrogen-bond acceptors (Lipinski definition) is 3. The number of nitrogens with one attached hydrogen (secondary N) is 1. The number of hydrogen-bond donors (Lipinski definition) is 1. The van der Waals surface area contributed by atoms with Crippen LogP contribution in [0.15, 0.2) is 36.4 Å². The van der Waals surface area contributed by atoms with E-state index in [1.165, 1.54) is 103 Å². The molecular formula is C30H49NO3. The summed E-state index contributed by atoms with van der Waals surface area (Å²) in [6.07, 6.45) is 27.3. The zero-order valence-corrected chi connectivity index (χ0v) is 21.9. The van der Waals surface area contributed by atoms with Crippen molar-refractivity contribution in [2.45, 2.75) is 122 Å². The fourth-order valence-corrected chi connectivity index (χ4v) is 4.09. The van der Waals surface area contributed by atoms with Crippen molar-refractivity contribution in [3.05, 3.63) is 42.0 Å². The van der Waals surface area contributed by atoms with Crippen molar-refractivity contribution in [1.29, 1.82) is 0 Å². The van der Waals surface area contributed by atoms with Gasteiger partial charge in [0.25, 0.3) is 0 Å². The van der Waals surface area contributed by atoms with Crippen LogP contribution in [-0.2, 0) is 9.53 Å². The van der Waals surface area contributed by atoms with Gasteiger partial charge in [-0.25, -0.2) is 4.79 Å². The molecule has 0 saturated carbocycles. The monoisotopic (exact) mass is 471 g/mol. The highest BCUT2D eigenvalue weighted by Gasteiger charge is 2.06. The molecule has 1 aromatic carbocycles. The number of rotatable bonds is 21. The van der Waals surface area contributed by atoms with Crippen LogP contribution in [-0.4, -0.2) is 19.0 Å². The van der Waals surface area contributed by atoms with Gasteiger partial charge in [0.05, 0.1) is 12.7 Å². The molecule has 1 amide bonds. The first kappa shape index (κ1) is 29.9. The molecule has 34 heavy (non-hydrogen) atoms. The van der Waals surface area contributed by atoms with Crippen molar-refractivity contribution in [2.24, 2.45) is 0 Å². The van der Waals surface area contributed by atoms with E-state index in [0.717, 1.165) is 12.8 Å². The lowest BCUT2D eigenvalue weighted by molar-refractivity contribution is -0.116. The van der Waals surface area contributed by atoms with Gasteiger partial charge in [0.2, 0.25) is 5.91 Å². The van der Waals surface area contributed by atoms with Crippen molar-refractivity contribution in [3.63, 3.8) is 0 Å². The molecule has 0 bridgehead atoms. The van der Waals surface area contributed by atoms with E-state index in [2.05, 4.69) is 29.1 Å². The Balaban J connectivity index is 1.86. The first-order chi connectivity index (χ1) is 16.7. The number of esters is 1. The van der Waals surface area contributed by atoms with E-state index in [-0.39, 0.29) is 11.9 Å². The number of carbonyl (C=O) groups is 2. The van der Waals surface area contributed by atoms with Crippen molar-refractivity contribution in [1.82, 2.24) is 0 Å². The zero-order valence-electron chi connectivity index (χ0n) is 21.9. The molecule has 0 aliphatic carbocycles. The molecule has 0 saturated heterocycles. The minimum Gasteiger partial charge on any atom is -0.465 e. The fourth-order valence-electron chi connectivity index (χ4n) is 4.09. The molecule has 192 valence electrons. The summed E-state index contributed by atoms with van der Waals surface area (Å²) < 4.78 is 4.68. The van der Waals surface area contributed by atoms with Gasteiger partial charge in [-0.15, -0.1) is 0 Å². The normalized spacial score (nSPS) is 11.1. The van der Waals surface area contributed by atoms with Crippen LogP contribution in [0.3, 0.4) is 0 Å². The van der Waals surface area contributed by atoms with Crippen molar-refractivity contribution in [2.75, 3.05) is 12.4 Å². The number of allylic oxidation sites excluding steroid dienone is 2. The molecule has 0 radical (unpaired) electrons. The Bertz CT molecular complexity index is 666. The number of unbranched alkanes of at least 4 members (excludes halogenated alkanes) is 15. The maximum Gasteiger partial charge on any atom is 0.337 e. The van der Waals surface area contributed by atoms with Gasteiger partial charge in [0.15, 0.2) is 0 Å². The fraction of sp³-hybridized carbons (Fsp3) is 0.667. The van der Waals surface area contributed by atoms with Crippen LogP contribution in [0.2, 0.25) is 0 Å². The quantitative estimate of drug-likeness (QED) is 0.110. The van der Waals surface area contributed by atoms with Gasteiger partial charge in [0.1, 0.15) is 0 Å². The number of amides is 1.